The van der Waals surface area contributed by atoms with E-state index in [0.29, 0.717) is 16.3 Å². The van der Waals surface area contributed by atoms with Crippen LogP contribution in [0.3, 0.4) is 0 Å². The predicted molar refractivity (Wildman–Crippen MR) is 113 cm³/mol. The standard InChI is InChI=1S/C21H21ClN4O2S/c1-14-5-6-17(18(22)10-14)21(23)8-7-16-19(24-2)13-26(20(16)11-21)29(27,28)15-4-3-9-25-12-15/h3-12,24H,13,23H2,1-2H3. The van der Waals surface area contributed by atoms with Gasteiger partial charge in [-0.05, 0) is 42.3 Å². The summed E-state index contributed by atoms with van der Waals surface area (Å²) >= 11 is 6.47. The van der Waals surface area contributed by atoms with Gasteiger partial charge in [0, 0.05) is 35.7 Å². The van der Waals surface area contributed by atoms with Crippen LogP contribution in [0.2, 0.25) is 5.02 Å². The third-order valence-electron chi connectivity index (χ3n) is 5.19. The normalized spacial score (nSPS) is 21.2. The van der Waals surface area contributed by atoms with Gasteiger partial charge in [0.25, 0.3) is 10.0 Å². The summed E-state index contributed by atoms with van der Waals surface area (Å²) in [6.07, 6.45) is 8.35. The van der Waals surface area contributed by atoms with Crippen molar-refractivity contribution in [3.63, 3.8) is 0 Å². The SMILES string of the molecule is CNC1=C2C=CC(N)(c3ccc(C)cc3Cl)C=C2N(S(=O)(=O)c2cccnc2)C1. The van der Waals surface area contributed by atoms with Crippen LogP contribution >= 0.6 is 11.6 Å². The van der Waals surface area contributed by atoms with Gasteiger partial charge in [-0.15, -0.1) is 0 Å². The molecule has 2 heterocycles. The highest BCUT2D eigenvalue weighted by Crippen LogP contribution is 2.41. The summed E-state index contributed by atoms with van der Waals surface area (Å²) in [6.45, 7) is 2.14. The zero-order valence-corrected chi connectivity index (χ0v) is 17.6. The summed E-state index contributed by atoms with van der Waals surface area (Å²) in [5.74, 6) is 0. The van der Waals surface area contributed by atoms with Gasteiger partial charge >= 0.3 is 0 Å². The molecule has 2 aromatic rings. The molecule has 1 aliphatic carbocycles. The first-order valence-electron chi connectivity index (χ1n) is 9.08. The third kappa shape index (κ3) is 3.25. The zero-order valence-electron chi connectivity index (χ0n) is 16.1. The van der Waals surface area contributed by atoms with Gasteiger partial charge in [-0.2, -0.15) is 0 Å². The lowest BCUT2D eigenvalue weighted by Gasteiger charge is -2.31. The largest absolute Gasteiger partial charge is 0.389 e. The molecule has 0 amide bonds. The average molecular weight is 429 g/mol. The molecule has 0 radical (unpaired) electrons. The van der Waals surface area contributed by atoms with E-state index in [1.54, 1.807) is 25.4 Å². The maximum atomic E-state index is 13.3. The molecule has 0 saturated carbocycles. The Morgan fingerprint density at radius 3 is 2.76 bits per heavy atom. The summed E-state index contributed by atoms with van der Waals surface area (Å²) in [4.78, 5) is 4.08. The highest BCUT2D eigenvalue weighted by atomic mass is 35.5. The molecule has 0 saturated heterocycles. The zero-order chi connectivity index (χ0) is 20.8. The molecule has 1 aromatic carbocycles. The molecule has 1 unspecified atom stereocenters. The van der Waals surface area contributed by atoms with Gasteiger partial charge in [-0.3, -0.25) is 9.29 Å². The molecule has 0 bridgehead atoms. The maximum Gasteiger partial charge on any atom is 0.266 e. The van der Waals surface area contributed by atoms with Crippen LogP contribution in [-0.2, 0) is 15.6 Å². The number of rotatable bonds is 4. The fraction of sp³-hybridized carbons (Fsp3) is 0.190. The molecule has 1 aliphatic heterocycles. The molecular formula is C21H21ClN4O2S. The fourth-order valence-electron chi connectivity index (χ4n) is 3.63. The Bertz CT molecular complexity index is 1170. The van der Waals surface area contributed by atoms with Crippen LogP contribution < -0.4 is 11.1 Å². The predicted octanol–water partition coefficient (Wildman–Crippen LogP) is 2.83. The Balaban J connectivity index is 1.85. The van der Waals surface area contributed by atoms with Gasteiger partial charge in [0.05, 0.1) is 17.8 Å². The second kappa shape index (κ2) is 7.02. The van der Waals surface area contributed by atoms with Crippen molar-refractivity contribution in [2.45, 2.75) is 17.4 Å². The number of likely N-dealkylation sites (N-methyl/N-ethyl adjacent to an activating group) is 1. The molecular weight excluding hydrogens is 408 g/mol. The van der Waals surface area contributed by atoms with Crippen molar-refractivity contribution < 1.29 is 8.42 Å². The van der Waals surface area contributed by atoms with Crippen molar-refractivity contribution in [2.24, 2.45) is 5.73 Å². The summed E-state index contributed by atoms with van der Waals surface area (Å²) in [5, 5.41) is 3.64. The highest BCUT2D eigenvalue weighted by molar-refractivity contribution is 7.89. The van der Waals surface area contributed by atoms with Crippen molar-refractivity contribution >= 4 is 21.6 Å². The second-order valence-electron chi connectivity index (χ2n) is 7.12. The minimum atomic E-state index is -3.80. The summed E-state index contributed by atoms with van der Waals surface area (Å²) < 4.78 is 28.0. The average Bonchev–Trinajstić information content (AvgIpc) is 3.06. The number of hydrogen-bond donors (Lipinski definition) is 2. The van der Waals surface area contributed by atoms with E-state index in [0.717, 1.165) is 16.8 Å². The van der Waals surface area contributed by atoms with Crippen molar-refractivity contribution in [3.8, 4) is 0 Å². The van der Waals surface area contributed by atoms with Crippen molar-refractivity contribution in [3.05, 3.63) is 94.1 Å². The molecule has 0 fully saturated rings. The van der Waals surface area contributed by atoms with E-state index in [9.17, 15) is 8.42 Å². The van der Waals surface area contributed by atoms with E-state index < -0.39 is 15.6 Å². The quantitative estimate of drug-likeness (QED) is 0.781. The van der Waals surface area contributed by atoms with Gasteiger partial charge in [0.1, 0.15) is 4.90 Å². The molecule has 6 nitrogen and oxygen atoms in total. The number of allylic oxidation sites excluding steroid dienone is 1. The minimum absolute atomic E-state index is 0.128. The number of benzene rings is 1. The number of nitrogens with zero attached hydrogens (tertiary/aromatic N) is 2. The number of hydrogen-bond acceptors (Lipinski definition) is 5. The topological polar surface area (TPSA) is 88.3 Å². The molecule has 1 aromatic heterocycles. The molecule has 8 heteroatoms. The van der Waals surface area contributed by atoms with Crippen LogP contribution in [0.15, 0.2) is 82.8 Å². The van der Waals surface area contributed by atoms with Gasteiger partial charge < -0.3 is 11.1 Å². The molecule has 29 heavy (non-hydrogen) atoms. The monoisotopic (exact) mass is 428 g/mol. The number of nitrogens with one attached hydrogen (secondary N) is 1. The lowest BCUT2D eigenvalue weighted by molar-refractivity contribution is 0.506. The van der Waals surface area contributed by atoms with Crippen LogP contribution in [0.4, 0.5) is 0 Å². The van der Waals surface area contributed by atoms with Crippen LogP contribution in [-0.4, -0.2) is 31.3 Å². The van der Waals surface area contributed by atoms with E-state index in [4.69, 9.17) is 17.3 Å². The van der Waals surface area contributed by atoms with Crippen molar-refractivity contribution in [2.75, 3.05) is 13.6 Å². The smallest absolute Gasteiger partial charge is 0.266 e. The lowest BCUT2D eigenvalue weighted by atomic mass is 9.84. The summed E-state index contributed by atoms with van der Waals surface area (Å²) in [7, 11) is -2.03. The Kier molecular flexibility index (Phi) is 4.77. The molecule has 2 aliphatic rings. The van der Waals surface area contributed by atoms with Crippen LogP contribution in [0.25, 0.3) is 0 Å². The van der Waals surface area contributed by atoms with E-state index in [1.165, 1.54) is 16.6 Å². The number of sulfonamides is 1. The number of halogens is 1. The van der Waals surface area contributed by atoms with Gasteiger partial charge in [-0.1, -0.05) is 35.9 Å². The number of aromatic nitrogens is 1. The summed E-state index contributed by atoms with van der Waals surface area (Å²) in [5.41, 5.74) is 9.52. The van der Waals surface area contributed by atoms with E-state index >= 15 is 0 Å². The maximum absolute atomic E-state index is 13.3. The van der Waals surface area contributed by atoms with Gasteiger partial charge in [0.2, 0.25) is 0 Å². The number of fused-ring (bicyclic) bond motifs is 1. The Morgan fingerprint density at radius 1 is 1.31 bits per heavy atom. The van der Waals surface area contributed by atoms with Crippen molar-refractivity contribution in [1.29, 1.82) is 0 Å². The first-order chi connectivity index (χ1) is 13.8. The molecule has 0 spiro atoms. The van der Waals surface area contributed by atoms with Crippen LogP contribution in [0, 0.1) is 6.92 Å². The number of pyridine rings is 1. The van der Waals surface area contributed by atoms with E-state index in [2.05, 4.69) is 10.3 Å². The molecule has 1 atom stereocenters. The van der Waals surface area contributed by atoms with Crippen LogP contribution in [0.1, 0.15) is 11.1 Å². The number of aryl methyl sites for hydroxylation is 1. The van der Waals surface area contributed by atoms with E-state index in [1.807, 2.05) is 37.3 Å². The molecule has 150 valence electrons. The minimum Gasteiger partial charge on any atom is -0.389 e. The van der Waals surface area contributed by atoms with Crippen LogP contribution in [0.5, 0.6) is 0 Å². The number of nitrogens with two attached hydrogens (primary N) is 1. The summed E-state index contributed by atoms with van der Waals surface area (Å²) in [6, 6.07) is 8.80. The first kappa shape index (κ1) is 19.7. The molecule has 3 N–H and O–H groups in total. The Morgan fingerprint density at radius 2 is 2.10 bits per heavy atom. The van der Waals surface area contributed by atoms with E-state index in [-0.39, 0.29) is 11.4 Å². The third-order valence-corrected chi connectivity index (χ3v) is 7.24. The first-order valence-corrected chi connectivity index (χ1v) is 10.9. The Hall–Kier alpha value is -2.61. The fourth-order valence-corrected chi connectivity index (χ4v) is 5.44. The van der Waals surface area contributed by atoms with Gasteiger partial charge in [-0.25, -0.2) is 8.42 Å². The second-order valence-corrected chi connectivity index (χ2v) is 9.39. The highest BCUT2D eigenvalue weighted by Gasteiger charge is 2.39. The Labute approximate surface area is 175 Å². The lowest BCUT2D eigenvalue weighted by Crippen LogP contribution is -2.37. The van der Waals surface area contributed by atoms with Gasteiger partial charge in [0.15, 0.2) is 0 Å². The molecule has 4 rings (SSSR count). The van der Waals surface area contributed by atoms with Crippen molar-refractivity contribution in [1.82, 2.24) is 14.6 Å².